The van der Waals surface area contributed by atoms with Crippen LogP contribution in [0.2, 0.25) is 0 Å². The molecule has 7 heteroatoms. The lowest BCUT2D eigenvalue weighted by Crippen LogP contribution is -2.59. The number of esters is 1. The number of carbonyl (C=O) groups excluding carboxylic acids is 2. The molecule has 116 valence electrons. The first kappa shape index (κ1) is 15.9. The highest BCUT2D eigenvalue weighted by molar-refractivity contribution is 7.16. The van der Waals surface area contributed by atoms with E-state index in [9.17, 15) is 9.59 Å². The van der Waals surface area contributed by atoms with Gasteiger partial charge in [-0.3, -0.25) is 4.79 Å². The van der Waals surface area contributed by atoms with Gasteiger partial charge in [-0.25, -0.2) is 4.79 Å². The molecule has 0 saturated carbocycles. The summed E-state index contributed by atoms with van der Waals surface area (Å²) in [6.45, 7) is 7.33. The molecule has 1 amide bonds. The van der Waals surface area contributed by atoms with Crippen molar-refractivity contribution < 1.29 is 19.1 Å². The Hall–Kier alpha value is -1.44. The molecule has 1 fully saturated rings. The molecule has 21 heavy (non-hydrogen) atoms. The average Bonchev–Trinajstić information content (AvgIpc) is 2.75. The molecule has 6 nitrogen and oxygen atoms in total. The number of anilines is 1. The van der Waals surface area contributed by atoms with E-state index in [1.54, 1.807) is 13.0 Å². The molecular formula is C14H20N2O4S. The van der Waals surface area contributed by atoms with Crippen molar-refractivity contribution in [3.05, 3.63) is 16.5 Å². The predicted octanol–water partition coefficient (Wildman–Crippen LogP) is 1.55. The minimum atomic E-state index is -0.423. The zero-order chi connectivity index (χ0) is 15.5. The first-order valence-electron chi connectivity index (χ1n) is 6.85. The van der Waals surface area contributed by atoms with Crippen molar-refractivity contribution >= 4 is 28.2 Å². The van der Waals surface area contributed by atoms with Crippen molar-refractivity contribution in [3.63, 3.8) is 0 Å². The van der Waals surface area contributed by atoms with Crippen LogP contribution in [0.25, 0.3) is 0 Å². The lowest BCUT2D eigenvalue weighted by molar-refractivity contribution is -0.130. The summed E-state index contributed by atoms with van der Waals surface area (Å²) < 4.78 is 10.5. The molecule has 1 aromatic heterocycles. The second kappa shape index (κ2) is 6.55. The second-order valence-corrected chi connectivity index (χ2v) is 6.47. The summed E-state index contributed by atoms with van der Waals surface area (Å²) in [5.74, 6) is -0.691. The zero-order valence-electron chi connectivity index (χ0n) is 12.4. The molecular weight excluding hydrogens is 292 g/mol. The second-order valence-electron chi connectivity index (χ2n) is 5.21. The Morgan fingerprint density at radius 2 is 2.19 bits per heavy atom. The van der Waals surface area contributed by atoms with Crippen LogP contribution in [0.3, 0.4) is 0 Å². The van der Waals surface area contributed by atoms with Gasteiger partial charge in [-0.15, -0.1) is 11.3 Å². The third-order valence-electron chi connectivity index (χ3n) is 3.15. The molecule has 0 atom stereocenters. The number of rotatable bonds is 6. The Balaban J connectivity index is 1.95. The summed E-state index contributed by atoms with van der Waals surface area (Å²) in [6.07, 6.45) is 0. The van der Waals surface area contributed by atoms with E-state index < -0.39 is 5.97 Å². The summed E-state index contributed by atoms with van der Waals surface area (Å²) in [6, 6.07) is 1.72. The highest BCUT2D eigenvalue weighted by atomic mass is 32.1. The van der Waals surface area contributed by atoms with Crippen LogP contribution >= 0.6 is 11.3 Å². The number of nitrogens with one attached hydrogen (secondary N) is 2. The van der Waals surface area contributed by atoms with Crippen molar-refractivity contribution in [2.45, 2.75) is 26.4 Å². The Morgan fingerprint density at radius 3 is 2.76 bits per heavy atom. The fourth-order valence-corrected chi connectivity index (χ4v) is 2.87. The summed E-state index contributed by atoms with van der Waals surface area (Å²) >= 11 is 1.35. The van der Waals surface area contributed by atoms with E-state index in [1.807, 2.05) is 13.8 Å². The standard InChI is InChI=1S/C14H20N2O4S/c1-4-19-13(18)10-5-9(2)21-12(10)16-11(17)6-20-14(3)7-15-8-14/h5,15H,4,6-8H2,1-3H3,(H,16,17). The molecule has 1 aliphatic heterocycles. The molecule has 0 aromatic carbocycles. The molecule has 2 heterocycles. The molecule has 1 aromatic rings. The highest BCUT2D eigenvalue weighted by Gasteiger charge is 2.33. The predicted molar refractivity (Wildman–Crippen MR) is 80.9 cm³/mol. The quantitative estimate of drug-likeness (QED) is 0.779. The molecule has 1 saturated heterocycles. The Morgan fingerprint density at radius 1 is 1.48 bits per heavy atom. The van der Waals surface area contributed by atoms with Gasteiger partial charge >= 0.3 is 5.97 Å². The molecule has 0 radical (unpaired) electrons. The van der Waals surface area contributed by atoms with Crippen LogP contribution in [0.1, 0.15) is 29.1 Å². The maximum Gasteiger partial charge on any atom is 0.341 e. The number of hydrogen-bond acceptors (Lipinski definition) is 6. The van der Waals surface area contributed by atoms with E-state index in [-0.39, 0.29) is 18.1 Å². The van der Waals surface area contributed by atoms with E-state index in [2.05, 4.69) is 10.6 Å². The van der Waals surface area contributed by atoms with E-state index in [4.69, 9.17) is 9.47 Å². The van der Waals surface area contributed by atoms with Gasteiger partial charge in [0.2, 0.25) is 0 Å². The Bertz CT molecular complexity index is 537. The van der Waals surface area contributed by atoms with Gasteiger partial charge < -0.3 is 20.1 Å². The van der Waals surface area contributed by atoms with Gasteiger partial charge in [0, 0.05) is 18.0 Å². The number of aryl methyl sites for hydroxylation is 1. The zero-order valence-corrected chi connectivity index (χ0v) is 13.3. The molecule has 0 bridgehead atoms. The number of carbonyl (C=O) groups is 2. The van der Waals surface area contributed by atoms with Crippen molar-refractivity contribution in [1.82, 2.24) is 5.32 Å². The van der Waals surface area contributed by atoms with Gasteiger partial charge in [0.25, 0.3) is 5.91 Å². The lowest BCUT2D eigenvalue weighted by Gasteiger charge is -2.38. The van der Waals surface area contributed by atoms with Gasteiger partial charge in [0.1, 0.15) is 11.6 Å². The summed E-state index contributed by atoms with van der Waals surface area (Å²) in [7, 11) is 0. The maximum absolute atomic E-state index is 11.9. The van der Waals surface area contributed by atoms with E-state index >= 15 is 0 Å². The van der Waals surface area contributed by atoms with Crippen LogP contribution in [0.5, 0.6) is 0 Å². The monoisotopic (exact) mass is 312 g/mol. The average molecular weight is 312 g/mol. The fourth-order valence-electron chi connectivity index (χ4n) is 1.95. The number of amides is 1. The summed E-state index contributed by atoms with van der Waals surface area (Å²) in [4.78, 5) is 24.7. The number of thiophene rings is 1. The van der Waals surface area contributed by atoms with E-state index in [0.717, 1.165) is 18.0 Å². The van der Waals surface area contributed by atoms with Gasteiger partial charge in [0.05, 0.1) is 17.8 Å². The third kappa shape index (κ3) is 4.03. The van der Waals surface area contributed by atoms with Crippen molar-refractivity contribution in [3.8, 4) is 0 Å². The van der Waals surface area contributed by atoms with Crippen LogP contribution < -0.4 is 10.6 Å². The van der Waals surface area contributed by atoms with Gasteiger partial charge in [-0.1, -0.05) is 0 Å². The van der Waals surface area contributed by atoms with Crippen LogP contribution in [0.15, 0.2) is 6.07 Å². The summed E-state index contributed by atoms with van der Waals surface area (Å²) in [5.41, 5.74) is 0.122. The number of ether oxygens (including phenoxy) is 2. The first-order valence-corrected chi connectivity index (χ1v) is 7.67. The first-order chi connectivity index (χ1) is 9.93. The topological polar surface area (TPSA) is 76.7 Å². The minimum Gasteiger partial charge on any atom is -0.462 e. The SMILES string of the molecule is CCOC(=O)c1cc(C)sc1NC(=O)COC1(C)CNC1. The number of hydrogen-bond donors (Lipinski definition) is 2. The molecule has 2 N–H and O–H groups in total. The molecule has 1 aliphatic rings. The summed E-state index contributed by atoms with van der Waals surface area (Å²) in [5, 5.41) is 6.34. The van der Waals surface area contributed by atoms with Crippen LogP contribution in [0.4, 0.5) is 5.00 Å². The van der Waals surface area contributed by atoms with Crippen molar-refractivity contribution in [2.24, 2.45) is 0 Å². The molecule has 0 unspecified atom stereocenters. The van der Waals surface area contributed by atoms with Crippen molar-refractivity contribution in [1.29, 1.82) is 0 Å². The van der Waals surface area contributed by atoms with Crippen LogP contribution in [-0.4, -0.2) is 43.8 Å². The largest absolute Gasteiger partial charge is 0.462 e. The van der Waals surface area contributed by atoms with Gasteiger partial charge in [-0.05, 0) is 26.8 Å². The third-order valence-corrected chi connectivity index (χ3v) is 4.12. The lowest BCUT2D eigenvalue weighted by atomic mass is 10.0. The van der Waals surface area contributed by atoms with Gasteiger partial charge in [-0.2, -0.15) is 0 Å². The Kier molecular flexibility index (Phi) is 4.97. The normalized spacial score (nSPS) is 16.1. The van der Waals surface area contributed by atoms with Crippen LogP contribution in [-0.2, 0) is 14.3 Å². The molecule has 0 spiro atoms. The van der Waals surface area contributed by atoms with Crippen molar-refractivity contribution in [2.75, 3.05) is 31.6 Å². The molecule has 0 aliphatic carbocycles. The highest BCUT2D eigenvalue weighted by Crippen LogP contribution is 2.28. The smallest absolute Gasteiger partial charge is 0.341 e. The van der Waals surface area contributed by atoms with E-state index in [0.29, 0.717) is 17.2 Å². The minimum absolute atomic E-state index is 0.0304. The van der Waals surface area contributed by atoms with Gasteiger partial charge in [0.15, 0.2) is 0 Å². The van der Waals surface area contributed by atoms with Crippen LogP contribution in [0, 0.1) is 6.92 Å². The maximum atomic E-state index is 11.9. The molecule has 2 rings (SSSR count). The van der Waals surface area contributed by atoms with E-state index in [1.165, 1.54) is 11.3 Å². The Labute approximate surface area is 127 Å². The fraction of sp³-hybridized carbons (Fsp3) is 0.571.